The van der Waals surface area contributed by atoms with Gasteiger partial charge in [-0.1, -0.05) is 11.6 Å². The Hall–Kier alpha value is -3.61. The number of aromatic nitrogens is 1. The SMILES string of the molecule is CC(C)=CCOc1ccc2c(C)c(CCC(=O)N3CC4C[C@@H](C3)c3cccc(=O)n3C4)c(=O)oc2c1C. The van der Waals surface area contributed by atoms with E-state index in [0.29, 0.717) is 49.6 Å². The number of amides is 1. The Labute approximate surface area is 216 Å². The lowest BCUT2D eigenvalue weighted by atomic mass is 9.83. The van der Waals surface area contributed by atoms with Gasteiger partial charge in [-0.15, -0.1) is 0 Å². The third kappa shape index (κ3) is 4.87. The van der Waals surface area contributed by atoms with Gasteiger partial charge in [0.2, 0.25) is 5.91 Å². The highest BCUT2D eigenvalue weighted by Crippen LogP contribution is 2.35. The van der Waals surface area contributed by atoms with Crippen LogP contribution in [0.4, 0.5) is 0 Å². The van der Waals surface area contributed by atoms with Gasteiger partial charge in [0, 0.05) is 60.2 Å². The van der Waals surface area contributed by atoms with Gasteiger partial charge in [-0.05, 0) is 76.3 Å². The number of nitrogens with zero attached hydrogens (tertiary/aromatic N) is 2. The number of aryl methyl sites for hydroxylation is 2. The van der Waals surface area contributed by atoms with Crippen molar-refractivity contribution in [2.45, 2.75) is 59.4 Å². The summed E-state index contributed by atoms with van der Waals surface area (Å²) >= 11 is 0. The molecule has 1 aromatic carbocycles. The molecule has 194 valence electrons. The first kappa shape index (κ1) is 25.1. The highest BCUT2D eigenvalue weighted by atomic mass is 16.5. The first-order chi connectivity index (χ1) is 17.7. The summed E-state index contributed by atoms with van der Waals surface area (Å²) in [6, 6.07) is 9.24. The number of fused-ring (bicyclic) bond motifs is 5. The van der Waals surface area contributed by atoms with Crippen LogP contribution in [-0.2, 0) is 17.8 Å². The average molecular weight is 503 g/mol. The highest BCUT2D eigenvalue weighted by molar-refractivity contribution is 5.86. The molecular formula is C30H34N2O5. The zero-order valence-corrected chi connectivity index (χ0v) is 22.0. The molecule has 2 aromatic heterocycles. The Bertz CT molecular complexity index is 1510. The van der Waals surface area contributed by atoms with Crippen LogP contribution in [0.1, 0.15) is 55.0 Å². The predicted octanol–water partition coefficient (Wildman–Crippen LogP) is 4.50. The Morgan fingerprint density at radius 2 is 1.89 bits per heavy atom. The third-order valence-electron chi connectivity index (χ3n) is 7.81. The fraction of sp³-hybridized carbons (Fsp3) is 0.433. The molecule has 2 aliphatic rings. The number of hydrogen-bond acceptors (Lipinski definition) is 5. The molecule has 7 heteroatoms. The van der Waals surface area contributed by atoms with E-state index in [4.69, 9.17) is 9.15 Å². The van der Waals surface area contributed by atoms with Gasteiger partial charge in [-0.25, -0.2) is 4.79 Å². The molecule has 4 heterocycles. The Kier molecular flexibility index (Phi) is 6.80. The molecule has 1 unspecified atom stereocenters. The molecule has 2 aliphatic heterocycles. The van der Waals surface area contributed by atoms with Gasteiger partial charge in [0.15, 0.2) is 0 Å². The van der Waals surface area contributed by atoms with Crippen LogP contribution >= 0.6 is 0 Å². The molecule has 0 aliphatic carbocycles. The van der Waals surface area contributed by atoms with E-state index in [1.165, 1.54) is 5.57 Å². The maximum absolute atomic E-state index is 13.2. The summed E-state index contributed by atoms with van der Waals surface area (Å²) in [5, 5.41) is 0.865. The van der Waals surface area contributed by atoms with E-state index >= 15 is 0 Å². The molecule has 1 saturated heterocycles. The number of ether oxygens (including phenoxy) is 1. The molecule has 0 saturated carbocycles. The lowest BCUT2D eigenvalue weighted by Gasteiger charge is -2.42. The predicted molar refractivity (Wildman–Crippen MR) is 143 cm³/mol. The fourth-order valence-electron chi connectivity index (χ4n) is 5.80. The molecule has 1 amide bonds. The van der Waals surface area contributed by atoms with E-state index in [9.17, 15) is 14.4 Å². The Morgan fingerprint density at radius 1 is 1.08 bits per heavy atom. The van der Waals surface area contributed by atoms with Crippen LogP contribution in [0.2, 0.25) is 0 Å². The number of pyridine rings is 1. The van der Waals surface area contributed by atoms with Crippen LogP contribution in [0.25, 0.3) is 11.0 Å². The summed E-state index contributed by atoms with van der Waals surface area (Å²) in [7, 11) is 0. The molecule has 1 fully saturated rings. The number of piperidine rings is 1. The van der Waals surface area contributed by atoms with Crippen LogP contribution in [0.3, 0.4) is 0 Å². The minimum absolute atomic E-state index is 0.0345. The number of carbonyl (C=O) groups excluding carboxylic acids is 1. The number of carbonyl (C=O) groups is 1. The Morgan fingerprint density at radius 3 is 2.68 bits per heavy atom. The van der Waals surface area contributed by atoms with Gasteiger partial charge < -0.3 is 18.6 Å². The minimum atomic E-state index is -0.397. The largest absolute Gasteiger partial charge is 0.489 e. The number of rotatable bonds is 6. The van der Waals surface area contributed by atoms with E-state index in [2.05, 4.69) is 0 Å². The number of hydrogen-bond donors (Lipinski definition) is 0. The van der Waals surface area contributed by atoms with Crippen molar-refractivity contribution in [2.24, 2.45) is 5.92 Å². The minimum Gasteiger partial charge on any atom is -0.489 e. The molecule has 3 aromatic rings. The molecular weight excluding hydrogens is 468 g/mol. The lowest BCUT2D eigenvalue weighted by molar-refractivity contribution is -0.133. The third-order valence-corrected chi connectivity index (χ3v) is 7.81. The summed E-state index contributed by atoms with van der Waals surface area (Å²) < 4.78 is 13.5. The van der Waals surface area contributed by atoms with E-state index in [0.717, 1.165) is 28.6 Å². The molecule has 0 radical (unpaired) electrons. The number of allylic oxidation sites excluding steroid dienone is 1. The molecule has 0 spiro atoms. The van der Waals surface area contributed by atoms with Crippen molar-refractivity contribution in [2.75, 3.05) is 19.7 Å². The van der Waals surface area contributed by atoms with Crippen LogP contribution in [0, 0.1) is 19.8 Å². The van der Waals surface area contributed by atoms with Crippen LogP contribution in [0.5, 0.6) is 5.75 Å². The topological polar surface area (TPSA) is 81.8 Å². The van der Waals surface area contributed by atoms with Crippen LogP contribution in [0.15, 0.2) is 56.0 Å². The summed E-state index contributed by atoms with van der Waals surface area (Å²) in [4.78, 5) is 40.4. The smallest absolute Gasteiger partial charge is 0.339 e. The highest BCUT2D eigenvalue weighted by Gasteiger charge is 2.36. The molecule has 2 atom stereocenters. The molecule has 5 rings (SSSR count). The summed E-state index contributed by atoms with van der Waals surface area (Å²) in [5.41, 5.74) is 4.56. The first-order valence-corrected chi connectivity index (χ1v) is 13.0. The number of benzene rings is 1. The van der Waals surface area contributed by atoms with Crippen molar-refractivity contribution in [3.8, 4) is 5.75 Å². The van der Waals surface area contributed by atoms with Gasteiger partial charge in [0.1, 0.15) is 17.9 Å². The van der Waals surface area contributed by atoms with Crippen LogP contribution < -0.4 is 15.9 Å². The molecule has 7 nitrogen and oxygen atoms in total. The average Bonchev–Trinajstić information content (AvgIpc) is 2.86. The summed E-state index contributed by atoms with van der Waals surface area (Å²) in [5.74, 6) is 1.18. The van der Waals surface area contributed by atoms with E-state index in [1.54, 1.807) is 12.1 Å². The summed E-state index contributed by atoms with van der Waals surface area (Å²) in [6.45, 7) is 10.2. The first-order valence-electron chi connectivity index (χ1n) is 13.0. The molecule has 2 bridgehead atoms. The molecule has 37 heavy (non-hydrogen) atoms. The Balaban J connectivity index is 1.31. The maximum Gasteiger partial charge on any atom is 0.339 e. The van der Waals surface area contributed by atoms with Gasteiger partial charge in [-0.3, -0.25) is 9.59 Å². The normalized spacial score (nSPS) is 18.4. The second-order valence-corrected chi connectivity index (χ2v) is 10.6. The quantitative estimate of drug-likeness (QED) is 0.366. The van der Waals surface area contributed by atoms with Gasteiger partial charge in [0.25, 0.3) is 5.56 Å². The fourth-order valence-corrected chi connectivity index (χ4v) is 5.80. The maximum atomic E-state index is 13.2. The van der Waals surface area contributed by atoms with E-state index in [-0.39, 0.29) is 29.7 Å². The lowest BCUT2D eigenvalue weighted by Crippen LogP contribution is -2.49. The van der Waals surface area contributed by atoms with Gasteiger partial charge in [0.05, 0.1) is 0 Å². The standard InChI is InChI=1S/C30H34N2O5/c1-18(2)12-13-36-26-10-8-23-19(3)24(30(35)37-29(23)20(26)4)9-11-27(33)31-15-21-14-22(17-31)25-6-5-7-28(34)32(25)16-21/h5-8,10,12,21-22H,9,11,13-17H2,1-4H3/t21?,22-/m0/s1. The van der Waals surface area contributed by atoms with Crippen LogP contribution in [-0.4, -0.2) is 35.1 Å². The van der Waals surface area contributed by atoms with Gasteiger partial charge >= 0.3 is 5.63 Å². The zero-order valence-electron chi connectivity index (χ0n) is 22.0. The second kappa shape index (κ2) is 10.0. The van der Waals surface area contributed by atoms with Crippen molar-refractivity contribution >= 4 is 16.9 Å². The zero-order chi connectivity index (χ0) is 26.3. The van der Waals surface area contributed by atoms with Crippen molar-refractivity contribution in [3.63, 3.8) is 0 Å². The van der Waals surface area contributed by atoms with Crippen molar-refractivity contribution in [1.29, 1.82) is 0 Å². The van der Waals surface area contributed by atoms with E-state index < -0.39 is 5.63 Å². The van der Waals surface area contributed by atoms with Gasteiger partial charge in [-0.2, -0.15) is 0 Å². The summed E-state index contributed by atoms with van der Waals surface area (Å²) in [6.07, 6.45) is 3.59. The monoisotopic (exact) mass is 502 g/mol. The van der Waals surface area contributed by atoms with Crippen molar-refractivity contribution < 1.29 is 13.9 Å². The van der Waals surface area contributed by atoms with Crippen molar-refractivity contribution in [1.82, 2.24) is 9.47 Å². The second-order valence-electron chi connectivity index (χ2n) is 10.6. The van der Waals surface area contributed by atoms with E-state index in [1.807, 2.05) is 61.4 Å². The number of likely N-dealkylation sites (tertiary alicyclic amines) is 1. The van der Waals surface area contributed by atoms with Crippen molar-refractivity contribution in [3.05, 3.63) is 85.1 Å². The molecule has 0 N–H and O–H groups in total.